The van der Waals surface area contributed by atoms with Crippen LogP contribution >= 0.6 is 0 Å². The second kappa shape index (κ2) is 5.58. The van der Waals surface area contributed by atoms with Gasteiger partial charge in [0.25, 0.3) is 0 Å². The SMILES string of the molecule is CC(C)n1ccc(CNCCc2ncon2)n1. The summed E-state index contributed by atoms with van der Waals surface area (Å²) in [5, 5.41) is 11.5. The normalized spacial score (nSPS) is 11.2. The van der Waals surface area contributed by atoms with Crippen LogP contribution in [0.2, 0.25) is 0 Å². The fraction of sp³-hybridized carbons (Fsp3) is 0.545. The molecule has 2 aromatic rings. The van der Waals surface area contributed by atoms with E-state index >= 15 is 0 Å². The summed E-state index contributed by atoms with van der Waals surface area (Å²) in [5.41, 5.74) is 1.05. The lowest BCUT2D eigenvalue weighted by atomic mass is 10.4. The van der Waals surface area contributed by atoms with Gasteiger partial charge in [-0.15, -0.1) is 0 Å². The Morgan fingerprint density at radius 3 is 3.00 bits per heavy atom. The fourth-order valence-electron chi connectivity index (χ4n) is 1.48. The summed E-state index contributed by atoms with van der Waals surface area (Å²) >= 11 is 0. The number of nitrogens with one attached hydrogen (secondary N) is 1. The predicted octanol–water partition coefficient (Wildman–Crippen LogP) is 1.18. The Morgan fingerprint density at radius 1 is 1.47 bits per heavy atom. The van der Waals surface area contributed by atoms with Crippen LogP contribution in [-0.4, -0.2) is 26.5 Å². The van der Waals surface area contributed by atoms with Crippen LogP contribution in [0.5, 0.6) is 0 Å². The van der Waals surface area contributed by atoms with Gasteiger partial charge in [0, 0.05) is 31.7 Å². The minimum atomic E-state index is 0.406. The van der Waals surface area contributed by atoms with Crippen molar-refractivity contribution in [1.29, 1.82) is 0 Å². The lowest BCUT2D eigenvalue weighted by molar-refractivity contribution is 0.409. The van der Waals surface area contributed by atoms with Gasteiger partial charge in [-0.1, -0.05) is 5.16 Å². The van der Waals surface area contributed by atoms with Crippen molar-refractivity contribution in [3.05, 3.63) is 30.2 Å². The quantitative estimate of drug-likeness (QED) is 0.761. The van der Waals surface area contributed by atoms with Crippen molar-refractivity contribution in [1.82, 2.24) is 25.2 Å². The number of nitrogens with zero attached hydrogens (tertiary/aromatic N) is 4. The van der Waals surface area contributed by atoms with Crippen LogP contribution in [0, 0.1) is 0 Å². The number of aromatic nitrogens is 4. The Labute approximate surface area is 100 Å². The molecule has 0 saturated heterocycles. The van der Waals surface area contributed by atoms with E-state index in [9.17, 15) is 0 Å². The standard InChI is InChI=1S/C11H17N5O/c1-9(2)16-6-4-10(14-16)7-12-5-3-11-13-8-17-15-11/h4,6,8-9,12H,3,5,7H2,1-2H3. The molecule has 0 unspecified atom stereocenters. The van der Waals surface area contributed by atoms with E-state index in [-0.39, 0.29) is 0 Å². The Bertz CT molecular complexity index is 434. The molecule has 6 heteroatoms. The van der Waals surface area contributed by atoms with E-state index in [1.807, 2.05) is 16.9 Å². The van der Waals surface area contributed by atoms with E-state index in [4.69, 9.17) is 0 Å². The smallest absolute Gasteiger partial charge is 0.213 e. The second-order valence-corrected chi connectivity index (χ2v) is 4.16. The highest BCUT2D eigenvalue weighted by atomic mass is 16.5. The molecule has 0 aliphatic rings. The molecule has 0 saturated carbocycles. The second-order valence-electron chi connectivity index (χ2n) is 4.16. The maximum Gasteiger partial charge on any atom is 0.213 e. The first-order valence-electron chi connectivity index (χ1n) is 5.75. The van der Waals surface area contributed by atoms with Gasteiger partial charge in [-0.2, -0.15) is 10.1 Å². The van der Waals surface area contributed by atoms with E-state index in [2.05, 4.69) is 38.9 Å². The highest BCUT2D eigenvalue weighted by Crippen LogP contribution is 2.03. The van der Waals surface area contributed by atoms with Crippen LogP contribution in [0.4, 0.5) is 0 Å². The number of rotatable bonds is 6. The van der Waals surface area contributed by atoms with Crippen LogP contribution in [0.1, 0.15) is 31.4 Å². The van der Waals surface area contributed by atoms with Crippen LogP contribution in [0.15, 0.2) is 23.2 Å². The average Bonchev–Trinajstić information content (AvgIpc) is 2.96. The highest BCUT2D eigenvalue weighted by molar-refractivity contribution is 4.99. The largest absolute Gasteiger partial charge is 0.343 e. The maximum absolute atomic E-state index is 4.65. The molecule has 0 radical (unpaired) electrons. The molecule has 0 aromatic carbocycles. The third-order valence-electron chi connectivity index (χ3n) is 2.43. The molecule has 92 valence electrons. The molecule has 0 spiro atoms. The molecular weight excluding hydrogens is 218 g/mol. The van der Waals surface area contributed by atoms with Crippen LogP contribution in [0.25, 0.3) is 0 Å². The molecule has 17 heavy (non-hydrogen) atoms. The van der Waals surface area contributed by atoms with E-state index in [1.54, 1.807) is 0 Å². The topological polar surface area (TPSA) is 68.8 Å². The van der Waals surface area contributed by atoms with Gasteiger partial charge in [0.15, 0.2) is 5.82 Å². The first-order valence-corrected chi connectivity index (χ1v) is 5.75. The zero-order valence-corrected chi connectivity index (χ0v) is 10.1. The van der Waals surface area contributed by atoms with Crippen molar-refractivity contribution in [2.24, 2.45) is 0 Å². The molecule has 0 atom stereocenters. The Morgan fingerprint density at radius 2 is 2.35 bits per heavy atom. The van der Waals surface area contributed by atoms with Crippen molar-refractivity contribution in [2.75, 3.05) is 6.54 Å². The molecule has 0 aliphatic heterocycles. The first kappa shape index (κ1) is 11.8. The summed E-state index contributed by atoms with van der Waals surface area (Å²) in [4.78, 5) is 3.95. The van der Waals surface area contributed by atoms with Gasteiger partial charge in [-0.05, 0) is 19.9 Å². The molecule has 2 rings (SSSR count). The molecule has 0 aliphatic carbocycles. The minimum Gasteiger partial charge on any atom is -0.343 e. The molecule has 1 N–H and O–H groups in total. The van der Waals surface area contributed by atoms with Gasteiger partial charge >= 0.3 is 0 Å². The molecule has 0 amide bonds. The maximum atomic E-state index is 4.65. The summed E-state index contributed by atoms with van der Waals surface area (Å²) in [5.74, 6) is 0.727. The summed E-state index contributed by atoms with van der Waals surface area (Å²) in [6, 6.07) is 2.43. The molecule has 6 nitrogen and oxygen atoms in total. The summed E-state index contributed by atoms with van der Waals surface area (Å²) in [6.45, 7) is 5.80. The third kappa shape index (κ3) is 3.39. The van der Waals surface area contributed by atoms with Crippen LogP contribution in [-0.2, 0) is 13.0 Å². The molecular formula is C11H17N5O. The van der Waals surface area contributed by atoms with E-state index in [0.29, 0.717) is 6.04 Å². The zero-order chi connectivity index (χ0) is 12.1. The van der Waals surface area contributed by atoms with Crippen molar-refractivity contribution in [2.45, 2.75) is 32.9 Å². The van der Waals surface area contributed by atoms with Gasteiger partial charge in [-0.3, -0.25) is 4.68 Å². The van der Waals surface area contributed by atoms with Crippen LogP contribution in [0.3, 0.4) is 0 Å². The summed E-state index contributed by atoms with van der Waals surface area (Å²) in [7, 11) is 0. The summed E-state index contributed by atoms with van der Waals surface area (Å²) < 4.78 is 6.61. The van der Waals surface area contributed by atoms with Crippen molar-refractivity contribution < 1.29 is 4.52 Å². The van der Waals surface area contributed by atoms with Crippen molar-refractivity contribution in [3.63, 3.8) is 0 Å². The number of hydrogen-bond donors (Lipinski definition) is 1. The highest BCUT2D eigenvalue weighted by Gasteiger charge is 2.02. The number of hydrogen-bond acceptors (Lipinski definition) is 5. The molecule has 0 fully saturated rings. The van der Waals surface area contributed by atoms with Gasteiger partial charge in [0.2, 0.25) is 6.39 Å². The van der Waals surface area contributed by atoms with Gasteiger partial charge in [0.1, 0.15) is 0 Å². The monoisotopic (exact) mass is 235 g/mol. The van der Waals surface area contributed by atoms with Gasteiger partial charge < -0.3 is 9.84 Å². The lowest BCUT2D eigenvalue weighted by Crippen LogP contribution is -2.17. The first-order chi connectivity index (χ1) is 8.25. The van der Waals surface area contributed by atoms with Crippen molar-refractivity contribution in [3.8, 4) is 0 Å². The lowest BCUT2D eigenvalue weighted by Gasteiger charge is -2.04. The Balaban J connectivity index is 1.71. The van der Waals surface area contributed by atoms with Gasteiger partial charge in [0.05, 0.1) is 5.69 Å². The average molecular weight is 235 g/mol. The fourth-order valence-corrected chi connectivity index (χ4v) is 1.48. The Hall–Kier alpha value is -1.69. The van der Waals surface area contributed by atoms with E-state index in [0.717, 1.165) is 31.0 Å². The van der Waals surface area contributed by atoms with Crippen LogP contribution < -0.4 is 5.32 Å². The predicted molar refractivity (Wildman–Crippen MR) is 62.3 cm³/mol. The van der Waals surface area contributed by atoms with Crippen molar-refractivity contribution >= 4 is 0 Å². The minimum absolute atomic E-state index is 0.406. The molecule has 2 heterocycles. The molecule has 0 bridgehead atoms. The van der Waals surface area contributed by atoms with E-state index < -0.39 is 0 Å². The summed E-state index contributed by atoms with van der Waals surface area (Å²) in [6.07, 6.45) is 4.11. The molecule has 2 aromatic heterocycles. The van der Waals surface area contributed by atoms with E-state index in [1.165, 1.54) is 6.39 Å². The zero-order valence-electron chi connectivity index (χ0n) is 10.1. The Kier molecular flexibility index (Phi) is 3.87. The van der Waals surface area contributed by atoms with Gasteiger partial charge in [-0.25, -0.2) is 0 Å². The third-order valence-corrected chi connectivity index (χ3v) is 2.43.